The van der Waals surface area contributed by atoms with Gasteiger partial charge in [0.1, 0.15) is 0 Å². The van der Waals surface area contributed by atoms with E-state index in [2.05, 4.69) is 52.3 Å². The second-order valence-corrected chi connectivity index (χ2v) is 8.97. The summed E-state index contributed by atoms with van der Waals surface area (Å²) in [4.78, 5) is 22.0. The van der Waals surface area contributed by atoms with Gasteiger partial charge in [-0.1, -0.05) is 36.4 Å². The number of amides is 1. The lowest BCUT2D eigenvalue weighted by Gasteiger charge is -2.34. The van der Waals surface area contributed by atoms with E-state index in [1.165, 1.54) is 20.8 Å². The Balaban J connectivity index is 1.17. The van der Waals surface area contributed by atoms with Crippen molar-refractivity contribution in [3.63, 3.8) is 0 Å². The van der Waals surface area contributed by atoms with Crippen molar-refractivity contribution in [1.29, 1.82) is 0 Å². The highest BCUT2D eigenvalue weighted by atomic mass is 32.1. The standard InChI is InChI=1S/C23H25N3OS/c27-22(16-25-12-9-17-5-1-2-6-19(17)15-25)26-13-10-18(11-14-26)23-24-20-7-3-4-8-21(20)28-23/h1-8,18H,9-16H2. The van der Waals surface area contributed by atoms with Gasteiger partial charge in [0, 0.05) is 32.1 Å². The highest BCUT2D eigenvalue weighted by Gasteiger charge is 2.27. The van der Waals surface area contributed by atoms with E-state index in [1.807, 2.05) is 17.4 Å². The van der Waals surface area contributed by atoms with Crippen molar-refractivity contribution in [2.75, 3.05) is 26.2 Å². The summed E-state index contributed by atoms with van der Waals surface area (Å²) in [6.45, 7) is 4.11. The van der Waals surface area contributed by atoms with Crippen molar-refractivity contribution < 1.29 is 4.79 Å². The maximum Gasteiger partial charge on any atom is 0.236 e. The number of para-hydroxylation sites is 1. The van der Waals surface area contributed by atoms with Gasteiger partial charge in [-0.25, -0.2) is 4.98 Å². The Labute approximate surface area is 169 Å². The molecule has 0 spiro atoms. The minimum atomic E-state index is 0.280. The number of benzene rings is 2. The van der Waals surface area contributed by atoms with Crippen LogP contribution in [0, 0.1) is 0 Å². The number of piperidine rings is 1. The van der Waals surface area contributed by atoms with Crippen LogP contribution in [-0.2, 0) is 17.8 Å². The Kier molecular flexibility index (Phi) is 4.87. The summed E-state index contributed by atoms with van der Waals surface area (Å²) < 4.78 is 1.27. The van der Waals surface area contributed by atoms with Gasteiger partial charge in [0.05, 0.1) is 21.8 Å². The van der Waals surface area contributed by atoms with E-state index in [-0.39, 0.29) is 5.91 Å². The first-order valence-electron chi connectivity index (χ1n) is 10.2. The predicted molar refractivity (Wildman–Crippen MR) is 114 cm³/mol. The van der Waals surface area contributed by atoms with E-state index in [0.29, 0.717) is 12.5 Å². The van der Waals surface area contributed by atoms with E-state index in [1.54, 1.807) is 0 Å². The first kappa shape index (κ1) is 17.8. The molecule has 1 aromatic heterocycles. The Hall–Kier alpha value is -2.24. The van der Waals surface area contributed by atoms with Gasteiger partial charge < -0.3 is 4.90 Å². The molecule has 0 unspecified atom stereocenters. The number of nitrogens with zero attached hydrogens (tertiary/aromatic N) is 3. The van der Waals surface area contributed by atoms with Gasteiger partial charge in [-0.15, -0.1) is 11.3 Å². The summed E-state index contributed by atoms with van der Waals surface area (Å²) in [6, 6.07) is 17.0. The van der Waals surface area contributed by atoms with Crippen LogP contribution in [0.2, 0.25) is 0 Å². The molecule has 0 radical (unpaired) electrons. The summed E-state index contributed by atoms with van der Waals surface area (Å²) in [6.07, 6.45) is 3.09. The van der Waals surface area contributed by atoms with Crippen LogP contribution in [0.25, 0.3) is 10.2 Å². The first-order valence-corrected chi connectivity index (χ1v) is 11.0. The van der Waals surface area contributed by atoms with Crippen LogP contribution in [0.1, 0.15) is 34.9 Å². The third kappa shape index (κ3) is 3.56. The van der Waals surface area contributed by atoms with Gasteiger partial charge in [0.2, 0.25) is 5.91 Å². The molecule has 144 valence electrons. The fourth-order valence-corrected chi connectivity index (χ4v) is 5.56. The van der Waals surface area contributed by atoms with Crippen molar-refractivity contribution in [3.8, 4) is 0 Å². The number of rotatable bonds is 3. The third-order valence-electron chi connectivity index (χ3n) is 6.08. The lowest BCUT2D eigenvalue weighted by Crippen LogP contribution is -2.45. The molecule has 3 heterocycles. The van der Waals surface area contributed by atoms with Crippen LogP contribution in [-0.4, -0.2) is 46.9 Å². The summed E-state index contributed by atoms with van der Waals surface area (Å²) >= 11 is 1.81. The summed E-state index contributed by atoms with van der Waals surface area (Å²) in [5.41, 5.74) is 3.91. The lowest BCUT2D eigenvalue weighted by atomic mass is 9.97. The van der Waals surface area contributed by atoms with E-state index in [4.69, 9.17) is 4.98 Å². The molecule has 3 aromatic rings. The number of likely N-dealkylation sites (tertiary alicyclic amines) is 1. The Morgan fingerprint density at radius 3 is 2.57 bits per heavy atom. The Morgan fingerprint density at radius 2 is 1.75 bits per heavy atom. The molecule has 0 bridgehead atoms. The molecule has 1 saturated heterocycles. The molecule has 2 aromatic carbocycles. The maximum atomic E-state index is 12.8. The quantitative estimate of drug-likeness (QED) is 0.676. The second-order valence-electron chi connectivity index (χ2n) is 7.90. The van der Waals surface area contributed by atoms with E-state index in [0.717, 1.165) is 51.0 Å². The van der Waals surface area contributed by atoms with Gasteiger partial charge >= 0.3 is 0 Å². The summed E-state index contributed by atoms with van der Waals surface area (Å²) in [5.74, 6) is 0.769. The SMILES string of the molecule is O=C(CN1CCc2ccccc2C1)N1CCC(c2nc3ccccc3s2)CC1. The second kappa shape index (κ2) is 7.64. The minimum Gasteiger partial charge on any atom is -0.342 e. The molecule has 2 aliphatic rings. The van der Waals surface area contributed by atoms with Gasteiger partial charge in [-0.3, -0.25) is 9.69 Å². The van der Waals surface area contributed by atoms with Gasteiger partial charge in [0.25, 0.3) is 0 Å². The average Bonchev–Trinajstić information content (AvgIpc) is 3.18. The van der Waals surface area contributed by atoms with Gasteiger partial charge in [-0.05, 0) is 42.5 Å². The van der Waals surface area contributed by atoms with Crippen molar-refractivity contribution in [3.05, 3.63) is 64.7 Å². The number of hydrogen-bond acceptors (Lipinski definition) is 4. The Bertz CT molecular complexity index is 957. The zero-order valence-corrected chi connectivity index (χ0v) is 16.8. The highest BCUT2D eigenvalue weighted by molar-refractivity contribution is 7.18. The fourth-order valence-electron chi connectivity index (χ4n) is 4.42. The fraction of sp³-hybridized carbons (Fsp3) is 0.391. The van der Waals surface area contributed by atoms with Crippen molar-refractivity contribution in [2.45, 2.75) is 31.7 Å². The molecule has 0 saturated carbocycles. The van der Waals surface area contributed by atoms with Crippen molar-refractivity contribution >= 4 is 27.5 Å². The molecule has 5 heteroatoms. The van der Waals surface area contributed by atoms with Gasteiger partial charge in [-0.2, -0.15) is 0 Å². The molecule has 28 heavy (non-hydrogen) atoms. The molecule has 0 N–H and O–H groups in total. The van der Waals surface area contributed by atoms with E-state index >= 15 is 0 Å². The largest absolute Gasteiger partial charge is 0.342 e. The molecule has 5 rings (SSSR count). The molecule has 1 amide bonds. The highest BCUT2D eigenvalue weighted by Crippen LogP contribution is 2.33. The smallest absolute Gasteiger partial charge is 0.236 e. The molecular formula is C23H25N3OS. The summed E-state index contributed by atoms with van der Waals surface area (Å²) in [5, 5.41) is 1.24. The van der Waals surface area contributed by atoms with Crippen LogP contribution in [0.15, 0.2) is 48.5 Å². The number of carbonyl (C=O) groups excluding carboxylic acids is 1. The normalized spacial score (nSPS) is 18.4. The predicted octanol–water partition coefficient (Wildman–Crippen LogP) is 4.06. The zero-order valence-electron chi connectivity index (χ0n) is 16.0. The number of carbonyl (C=O) groups is 1. The number of aromatic nitrogens is 1. The topological polar surface area (TPSA) is 36.4 Å². The van der Waals surface area contributed by atoms with Crippen LogP contribution in [0.5, 0.6) is 0 Å². The van der Waals surface area contributed by atoms with Crippen LogP contribution in [0.4, 0.5) is 0 Å². The third-order valence-corrected chi connectivity index (χ3v) is 7.27. The monoisotopic (exact) mass is 391 g/mol. The zero-order chi connectivity index (χ0) is 18.9. The number of hydrogen-bond donors (Lipinski definition) is 0. The molecule has 2 aliphatic heterocycles. The average molecular weight is 392 g/mol. The van der Waals surface area contributed by atoms with Crippen LogP contribution >= 0.6 is 11.3 Å². The van der Waals surface area contributed by atoms with Crippen molar-refractivity contribution in [1.82, 2.24) is 14.8 Å². The van der Waals surface area contributed by atoms with Gasteiger partial charge in [0.15, 0.2) is 0 Å². The van der Waals surface area contributed by atoms with Crippen LogP contribution in [0.3, 0.4) is 0 Å². The Morgan fingerprint density at radius 1 is 1.00 bits per heavy atom. The minimum absolute atomic E-state index is 0.280. The van der Waals surface area contributed by atoms with E-state index < -0.39 is 0 Å². The first-order chi connectivity index (χ1) is 13.8. The summed E-state index contributed by atoms with van der Waals surface area (Å²) in [7, 11) is 0. The lowest BCUT2D eigenvalue weighted by molar-refractivity contribution is -0.133. The molecule has 0 atom stereocenters. The maximum absolute atomic E-state index is 12.8. The van der Waals surface area contributed by atoms with Crippen LogP contribution < -0.4 is 0 Å². The molecule has 4 nitrogen and oxygen atoms in total. The van der Waals surface area contributed by atoms with Crippen molar-refractivity contribution in [2.24, 2.45) is 0 Å². The number of fused-ring (bicyclic) bond motifs is 2. The van der Waals surface area contributed by atoms with E-state index in [9.17, 15) is 4.79 Å². The molecule has 1 fully saturated rings. The molecular weight excluding hydrogens is 366 g/mol. The number of thiazole rings is 1. The molecule has 0 aliphatic carbocycles.